The molecule has 1 aromatic carbocycles. The lowest BCUT2D eigenvalue weighted by Gasteiger charge is -2.52. The number of hydrogen-bond acceptors (Lipinski definition) is 8. The van der Waals surface area contributed by atoms with Gasteiger partial charge >= 0.3 is 0 Å². The lowest BCUT2D eigenvalue weighted by Crippen LogP contribution is -2.75. The van der Waals surface area contributed by atoms with Gasteiger partial charge in [0.1, 0.15) is 18.3 Å². The maximum absolute atomic E-state index is 11.0. The second kappa shape index (κ2) is 5.76. The highest BCUT2D eigenvalue weighted by Crippen LogP contribution is 2.48. The molecule has 5 N–H and O–H groups in total. The number of benzene rings is 1. The summed E-state index contributed by atoms with van der Waals surface area (Å²) in [5.41, 5.74) is -4.24. The van der Waals surface area contributed by atoms with Crippen molar-refractivity contribution >= 4 is 23.8 Å². The number of para-hydroxylation sites is 1. The Morgan fingerprint density at radius 3 is 2.57 bits per heavy atom. The summed E-state index contributed by atoms with van der Waals surface area (Å²) in [4.78, 5) is 4.01. The molecule has 8 nitrogen and oxygen atoms in total. The first-order chi connectivity index (χ1) is 10.9. The monoisotopic (exact) mass is 345 g/mol. The van der Waals surface area contributed by atoms with Crippen molar-refractivity contribution in [1.82, 2.24) is 0 Å². The second-order valence-corrected chi connectivity index (χ2v) is 5.75. The molecule has 23 heavy (non-hydrogen) atoms. The SMILES string of the molecule is OC[C@H]1O[C@H](OCl)[C@@H](O)[C@](O)(C2(O)C=Nc3ccccc32)[C@@H]1O. The van der Waals surface area contributed by atoms with E-state index in [-0.39, 0.29) is 5.56 Å². The van der Waals surface area contributed by atoms with Gasteiger partial charge in [-0.05, 0) is 6.07 Å². The Hall–Kier alpha value is -1.10. The molecule has 2 aliphatic rings. The molecule has 0 aliphatic carbocycles. The van der Waals surface area contributed by atoms with E-state index in [0.29, 0.717) is 5.69 Å². The predicted octanol–water partition coefficient (Wildman–Crippen LogP) is -1.07. The Labute approximate surface area is 136 Å². The molecule has 2 aliphatic heterocycles. The van der Waals surface area contributed by atoms with Crippen LogP contribution >= 0.6 is 11.9 Å². The van der Waals surface area contributed by atoms with E-state index in [9.17, 15) is 25.5 Å². The highest BCUT2D eigenvalue weighted by atomic mass is 35.5. The van der Waals surface area contributed by atoms with Crippen LogP contribution in [0.3, 0.4) is 0 Å². The topological polar surface area (TPSA) is 132 Å². The van der Waals surface area contributed by atoms with Crippen LogP contribution in [0.1, 0.15) is 5.56 Å². The number of halogens is 1. The molecule has 1 unspecified atom stereocenters. The average molecular weight is 346 g/mol. The van der Waals surface area contributed by atoms with Gasteiger partial charge in [-0.1, -0.05) is 18.2 Å². The second-order valence-electron chi connectivity index (χ2n) is 5.57. The van der Waals surface area contributed by atoms with E-state index in [2.05, 4.69) is 9.28 Å². The molecule has 6 atom stereocenters. The van der Waals surface area contributed by atoms with Crippen LogP contribution in [0, 0.1) is 0 Å². The van der Waals surface area contributed by atoms with Gasteiger partial charge in [-0.3, -0.25) is 4.99 Å². The van der Waals surface area contributed by atoms with E-state index in [1.807, 2.05) is 0 Å². The molecule has 2 heterocycles. The molecule has 1 aromatic rings. The molecule has 0 amide bonds. The normalized spacial score (nSPS) is 42.7. The van der Waals surface area contributed by atoms with Crippen LogP contribution in [0.2, 0.25) is 0 Å². The van der Waals surface area contributed by atoms with E-state index >= 15 is 0 Å². The number of rotatable bonds is 3. The van der Waals surface area contributed by atoms with Crippen LogP contribution in [-0.2, 0) is 14.6 Å². The lowest BCUT2D eigenvalue weighted by molar-refractivity contribution is -0.342. The summed E-state index contributed by atoms with van der Waals surface area (Å²) in [6, 6.07) is 6.40. The van der Waals surface area contributed by atoms with Crippen LogP contribution in [0.4, 0.5) is 5.69 Å². The van der Waals surface area contributed by atoms with E-state index in [1.165, 1.54) is 6.07 Å². The molecule has 126 valence electrons. The zero-order chi connectivity index (χ0) is 16.8. The number of aliphatic imine (C=N–C) groups is 1. The minimum Gasteiger partial charge on any atom is -0.394 e. The number of nitrogens with zero attached hydrogens (tertiary/aromatic N) is 1. The molecule has 0 radical (unpaired) electrons. The van der Waals surface area contributed by atoms with E-state index in [4.69, 9.17) is 16.6 Å². The molecule has 0 spiro atoms. The number of ether oxygens (including phenoxy) is 1. The van der Waals surface area contributed by atoms with Gasteiger partial charge in [0.15, 0.2) is 11.2 Å². The highest BCUT2D eigenvalue weighted by molar-refractivity contribution is 6.07. The number of hydrogen-bond donors (Lipinski definition) is 5. The van der Waals surface area contributed by atoms with Crippen LogP contribution < -0.4 is 0 Å². The summed E-state index contributed by atoms with van der Waals surface area (Å²) in [6.07, 6.45) is -5.65. The third kappa shape index (κ3) is 2.15. The summed E-state index contributed by atoms with van der Waals surface area (Å²) < 4.78 is 9.51. The molecule has 3 rings (SSSR count). The van der Waals surface area contributed by atoms with Crippen molar-refractivity contribution in [2.45, 2.75) is 35.8 Å². The summed E-state index contributed by atoms with van der Waals surface area (Å²) in [6.45, 7) is -0.693. The molecule has 0 saturated carbocycles. The van der Waals surface area contributed by atoms with E-state index in [0.717, 1.165) is 6.21 Å². The summed E-state index contributed by atoms with van der Waals surface area (Å²) in [5, 5.41) is 52.2. The van der Waals surface area contributed by atoms with Crippen molar-refractivity contribution in [3.05, 3.63) is 29.8 Å². The zero-order valence-electron chi connectivity index (χ0n) is 11.8. The fourth-order valence-electron chi connectivity index (χ4n) is 3.11. The maximum Gasteiger partial charge on any atom is 0.206 e. The maximum atomic E-state index is 11.0. The zero-order valence-corrected chi connectivity index (χ0v) is 12.5. The lowest BCUT2D eigenvalue weighted by atomic mass is 9.69. The minimum atomic E-state index is -2.58. The van der Waals surface area contributed by atoms with Crippen molar-refractivity contribution in [1.29, 1.82) is 0 Å². The van der Waals surface area contributed by atoms with E-state index in [1.54, 1.807) is 18.2 Å². The minimum absolute atomic E-state index is 0.188. The summed E-state index contributed by atoms with van der Waals surface area (Å²) in [7, 11) is 0. The van der Waals surface area contributed by atoms with Crippen LogP contribution in [0.25, 0.3) is 0 Å². The van der Waals surface area contributed by atoms with Crippen molar-refractivity contribution in [2.24, 2.45) is 4.99 Å². The Bertz CT molecular complexity index is 611. The Morgan fingerprint density at radius 2 is 1.91 bits per heavy atom. The summed E-state index contributed by atoms with van der Waals surface area (Å²) >= 11 is 5.25. The van der Waals surface area contributed by atoms with Gasteiger partial charge in [0.25, 0.3) is 0 Å². The summed E-state index contributed by atoms with van der Waals surface area (Å²) in [5.74, 6) is 0. The van der Waals surface area contributed by atoms with Gasteiger partial charge in [-0.25, -0.2) is 4.29 Å². The fourth-order valence-corrected chi connectivity index (χ4v) is 3.25. The molecule has 0 aromatic heterocycles. The first-order valence-electron chi connectivity index (χ1n) is 6.89. The number of fused-ring (bicyclic) bond motifs is 1. The molecular weight excluding hydrogens is 330 g/mol. The average Bonchev–Trinajstić information content (AvgIpc) is 2.92. The first-order valence-corrected chi connectivity index (χ1v) is 7.20. The van der Waals surface area contributed by atoms with Crippen molar-refractivity contribution in [2.75, 3.05) is 6.61 Å². The number of aliphatic hydroxyl groups excluding tert-OH is 3. The van der Waals surface area contributed by atoms with Crippen LogP contribution in [0.15, 0.2) is 29.3 Å². The van der Waals surface area contributed by atoms with Gasteiger partial charge < -0.3 is 30.3 Å². The first kappa shape index (κ1) is 16.7. The molecule has 1 fully saturated rings. The predicted molar refractivity (Wildman–Crippen MR) is 78.1 cm³/mol. The van der Waals surface area contributed by atoms with Crippen molar-refractivity contribution in [3.63, 3.8) is 0 Å². The van der Waals surface area contributed by atoms with Crippen molar-refractivity contribution in [3.8, 4) is 0 Å². The van der Waals surface area contributed by atoms with Crippen molar-refractivity contribution < 1.29 is 34.6 Å². The van der Waals surface area contributed by atoms with Gasteiger partial charge in [0.2, 0.25) is 6.29 Å². The number of aliphatic hydroxyl groups is 5. The largest absolute Gasteiger partial charge is 0.394 e. The molecule has 9 heteroatoms. The quantitative estimate of drug-likeness (QED) is 0.471. The van der Waals surface area contributed by atoms with E-state index < -0.39 is 42.4 Å². The van der Waals surface area contributed by atoms with Crippen LogP contribution in [-0.4, -0.2) is 68.6 Å². The highest BCUT2D eigenvalue weighted by Gasteiger charge is 2.67. The third-order valence-electron chi connectivity index (χ3n) is 4.40. The molecular formula is C14H16ClNO7. The van der Waals surface area contributed by atoms with Gasteiger partial charge in [0.05, 0.1) is 24.2 Å². The standard InChI is InChI=1S/C14H16ClNO7/c15-23-12-11(19)14(21,10(18)9(5-17)22-12)13(20)6-16-8-4-2-1-3-7(8)13/h1-4,6,9-12,17-21H,5H2/t9-,10-,11-,12-,13?,14+/m1/s1. The molecule has 0 bridgehead atoms. The molecule has 1 saturated heterocycles. The van der Waals surface area contributed by atoms with Gasteiger partial charge in [-0.2, -0.15) is 0 Å². The van der Waals surface area contributed by atoms with Crippen LogP contribution in [0.5, 0.6) is 0 Å². The smallest absolute Gasteiger partial charge is 0.206 e. The Kier molecular flexibility index (Phi) is 4.20. The Balaban J connectivity index is 2.13. The Morgan fingerprint density at radius 1 is 1.22 bits per heavy atom. The fraction of sp³-hybridized carbons (Fsp3) is 0.500. The van der Waals surface area contributed by atoms with Gasteiger partial charge in [0, 0.05) is 11.8 Å². The van der Waals surface area contributed by atoms with Gasteiger partial charge in [-0.15, -0.1) is 0 Å². The third-order valence-corrected chi connectivity index (χ3v) is 4.58.